The van der Waals surface area contributed by atoms with E-state index in [2.05, 4.69) is 17.8 Å². The van der Waals surface area contributed by atoms with Crippen LogP contribution >= 0.6 is 11.3 Å². The standard InChI is InChI=1S/C13H18N2O3S/c1-3-10-8(2)6-11(19-10)13(17)15-14-12(16)9-4-5-18-7-9/h6,9H,3-5,7H2,1-2H3,(H,14,16)(H,15,17). The molecular formula is C13H18N2O3S. The Kier molecular flexibility index (Phi) is 4.55. The Balaban J connectivity index is 1.88. The van der Waals surface area contributed by atoms with Crippen LogP contribution in [-0.4, -0.2) is 25.0 Å². The monoisotopic (exact) mass is 282 g/mol. The predicted octanol–water partition coefficient (Wildman–Crippen LogP) is 1.42. The van der Waals surface area contributed by atoms with Gasteiger partial charge in [-0.2, -0.15) is 0 Å². The normalized spacial score (nSPS) is 18.3. The summed E-state index contributed by atoms with van der Waals surface area (Å²) in [5, 5.41) is 0. The Labute approximate surface area is 116 Å². The average Bonchev–Trinajstić information content (AvgIpc) is 3.04. The summed E-state index contributed by atoms with van der Waals surface area (Å²) in [6.45, 7) is 5.08. The van der Waals surface area contributed by atoms with Crippen LogP contribution in [0.3, 0.4) is 0 Å². The van der Waals surface area contributed by atoms with Crippen LogP contribution in [-0.2, 0) is 16.0 Å². The third-order valence-electron chi connectivity index (χ3n) is 3.17. The van der Waals surface area contributed by atoms with E-state index in [1.165, 1.54) is 16.2 Å². The first-order valence-corrected chi connectivity index (χ1v) is 7.20. The zero-order chi connectivity index (χ0) is 13.8. The Morgan fingerprint density at radius 3 is 2.84 bits per heavy atom. The molecule has 1 atom stereocenters. The molecule has 6 heteroatoms. The number of thiophene rings is 1. The summed E-state index contributed by atoms with van der Waals surface area (Å²) in [4.78, 5) is 25.4. The number of hydrogen-bond donors (Lipinski definition) is 2. The summed E-state index contributed by atoms with van der Waals surface area (Å²) in [6.07, 6.45) is 1.62. The predicted molar refractivity (Wildman–Crippen MR) is 73.0 cm³/mol. The van der Waals surface area contributed by atoms with Gasteiger partial charge in [0.1, 0.15) is 0 Å². The number of carbonyl (C=O) groups is 2. The van der Waals surface area contributed by atoms with Crippen LogP contribution in [0.15, 0.2) is 6.07 Å². The summed E-state index contributed by atoms with van der Waals surface area (Å²) in [7, 11) is 0. The highest BCUT2D eigenvalue weighted by Gasteiger charge is 2.24. The Hall–Kier alpha value is -1.40. The molecule has 0 bridgehead atoms. The molecule has 0 radical (unpaired) electrons. The lowest BCUT2D eigenvalue weighted by Crippen LogP contribution is -2.44. The summed E-state index contributed by atoms with van der Waals surface area (Å²) < 4.78 is 5.13. The highest BCUT2D eigenvalue weighted by Crippen LogP contribution is 2.22. The number of rotatable bonds is 3. The first kappa shape index (κ1) is 14.0. The molecule has 1 aromatic rings. The van der Waals surface area contributed by atoms with Crippen LogP contribution in [0.1, 0.15) is 33.5 Å². The van der Waals surface area contributed by atoms with Crippen LogP contribution in [0.25, 0.3) is 0 Å². The number of carbonyl (C=O) groups excluding carboxylic acids is 2. The molecule has 2 N–H and O–H groups in total. The average molecular weight is 282 g/mol. The molecule has 2 rings (SSSR count). The molecule has 5 nitrogen and oxygen atoms in total. The molecule has 0 aromatic carbocycles. The van der Waals surface area contributed by atoms with E-state index in [-0.39, 0.29) is 17.7 Å². The van der Waals surface area contributed by atoms with Crippen molar-refractivity contribution in [1.29, 1.82) is 0 Å². The van der Waals surface area contributed by atoms with E-state index in [0.717, 1.165) is 12.0 Å². The maximum absolute atomic E-state index is 11.9. The van der Waals surface area contributed by atoms with Crippen LogP contribution in [0.4, 0.5) is 0 Å². The third kappa shape index (κ3) is 3.33. The van der Waals surface area contributed by atoms with E-state index >= 15 is 0 Å². The van der Waals surface area contributed by atoms with Gasteiger partial charge in [-0.3, -0.25) is 20.4 Å². The van der Waals surface area contributed by atoms with Crippen LogP contribution in [0.5, 0.6) is 0 Å². The second-order valence-electron chi connectivity index (χ2n) is 4.57. The molecule has 0 saturated carbocycles. The van der Waals surface area contributed by atoms with Crippen molar-refractivity contribution in [1.82, 2.24) is 10.9 Å². The minimum atomic E-state index is -0.264. The van der Waals surface area contributed by atoms with Gasteiger partial charge in [-0.15, -0.1) is 11.3 Å². The van der Waals surface area contributed by atoms with Gasteiger partial charge in [-0.1, -0.05) is 6.92 Å². The molecule has 1 saturated heterocycles. The SMILES string of the molecule is CCc1sc(C(=O)NNC(=O)C2CCOC2)cc1C. The minimum absolute atomic E-state index is 0.156. The lowest BCUT2D eigenvalue weighted by molar-refractivity contribution is -0.125. The van der Waals surface area contributed by atoms with Crippen molar-refractivity contribution >= 4 is 23.2 Å². The van der Waals surface area contributed by atoms with Crippen molar-refractivity contribution < 1.29 is 14.3 Å². The van der Waals surface area contributed by atoms with Gasteiger partial charge in [0, 0.05) is 11.5 Å². The number of nitrogens with one attached hydrogen (secondary N) is 2. The quantitative estimate of drug-likeness (QED) is 0.824. The number of hydrogen-bond acceptors (Lipinski definition) is 4. The highest BCUT2D eigenvalue weighted by atomic mass is 32.1. The smallest absolute Gasteiger partial charge is 0.279 e. The number of aryl methyl sites for hydroxylation is 2. The lowest BCUT2D eigenvalue weighted by atomic mass is 10.1. The van der Waals surface area contributed by atoms with Crippen molar-refractivity contribution in [2.24, 2.45) is 5.92 Å². The summed E-state index contributed by atoms with van der Waals surface area (Å²) in [6, 6.07) is 1.85. The second kappa shape index (κ2) is 6.16. The maximum Gasteiger partial charge on any atom is 0.279 e. The molecule has 1 fully saturated rings. The summed E-state index contributed by atoms with van der Waals surface area (Å²) >= 11 is 1.46. The summed E-state index contributed by atoms with van der Waals surface area (Å²) in [5.41, 5.74) is 6.03. The largest absolute Gasteiger partial charge is 0.381 e. The number of ether oxygens (including phenoxy) is 1. The van der Waals surface area contributed by atoms with Crippen molar-refractivity contribution in [3.8, 4) is 0 Å². The van der Waals surface area contributed by atoms with Crippen molar-refractivity contribution in [2.75, 3.05) is 13.2 Å². The summed E-state index contributed by atoms with van der Waals surface area (Å²) in [5.74, 6) is -0.605. The van der Waals surface area contributed by atoms with E-state index < -0.39 is 0 Å². The Morgan fingerprint density at radius 2 is 2.26 bits per heavy atom. The van der Waals surface area contributed by atoms with Crippen molar-refractivity contribution in [2.45, 2.75) is 26.7 Å². The van der Waals surface area contributed by atoms with Gasteiger partial charge in [0.05, 0.1) is 17.4 Å². The van der Waals surface area contributed by atoms with Gasteiger partial charge in [0.25, 0.3) is 5.91 Å². The fourth-order valence-electron chi connectivity index (χ4n) is 2.01. The van der Waals surface area contributed by atoms with Gasteiger partial charge >= 0.3 is 0 Å². The van der Waals surface area contributed by atoms with Crippen LogP contribution in [0.2, 0.25) is 0 Å². The number of amides is 2. The van der Waals surface area contributed by atoms with Gasteiger partial charge in [-0.25, -0.2) is 0 Å². The molecule has 1 aliphatic heterocycles. The fraction of sp³-hybridized carbons (Fsp3) is 0.538. The Bertz CT molecular complexity index is 478. The minimum Gasteiger partial charge on any atom is -0.381 e. The lowest BCUT2D eigenvalue weighted by Gasteiger charge is -2.09. The molecule has 19 heavy (non-hydrogen) atoms. The van der Waals surface area contributed by atoms with Crippen molar-refractivity contribution in [3.63, 3.8) is 0 Å². The van der Waals surface area contributed by atoms with E-state index in [0.29, 0.717) is 24.5 Å². The van der Waals surface area contributed by atoms with Crippen LogP contribution < -0.4 is 10.9 Å². The zero-order valence-corrected chi connectivity index (χ0v) is 11.9. The first-order chi connectivity index (χ1) is 9.11. The molecule has 0 spiro atoms. The van der Waals surface area contributed by atoms with E-state index in [1.807, 2.05) is 13.0 Å². The fourth-order valence-corrected chi connectivity index (χ4v) is 3.02. The molecule has 1 aromatic heterocycles. The van der Waals surface area contributed by atoms with Crippen molar-refractivity contribution in [3.05, 3.63) is 21.4 Å². The third-order valence-corrected chi connectivity index (χ3v) is 4.55. The van der Waals surface area contributed by atoms with E-state index in [9.17, 15) is 9.59 Å². The molecule has 0 aliphatic carbocycles. The zero-order valence-electron chi connectivity index (χ0n) is 11.1. The van der Waals surface area contributed by atoms with Gasteiger partial charge in [-0.05, 0) is 31.4 Å². The van der Waals surface area contributed by atoms with E-state index in [1.54, 1.807) is 0 Å². The molecule has 104 valence electrons. The Morgan fingerprint density at radius 1 is 1.47 bits per heavy atom. The van der Waals surface area contributed by atoms with E-state index in [4.69, 9.17) is 4.74 Å². The number of hydrazine groups is 1. The molecule has 1 unspecified atom stereocenters. The first-order valence-electron chi connectivity index (χ1n) is 6.39. The second-order valence-corrected chi connectivity index (χ2v) is 5.71. The van der Waals surface area contributed by atoms with Gasteiger partial charge in [0.15, 0.2) is 0 Å². The van der Waals surface area contributed by atoms with Crippen LogP contribution in [0, 0.1) is 12.8 Å². The molecule has 2 heterocycles. The molecule has 2 amide bonds. The molecule has 1 aliphatic rings. The molecular weight excluding hydrogens is 264 g/mol. The topological polar surface area (TPSA) is 67.4 Å². The van der Waals surface area contributed by atoms with Gasteiger partial charge in [0.2, 0.25) is 5.91 Å². The van der Waals surface area contributed by atoms with Gasteiger partial charge < -0.3 is 4.74 Å². The maximum atomic E-state index is 11.9. The highest BCUT2D eigenvalue weighted by molar-refractivity contribution is 7.14.